The molecular weight excluding hydrogens is 1150 g/mol. The molecule has 5 saturated heterocycles. The Labute approximate surface area is 452 Å². The molecule has 0 spiro atoms. The fourth-order valence-electron chi connectivity index (χ4n) is 8.44. The monoisotopic (exact) mass is 1250 g/mol. The Morgan fingerprint density at radius 2 is 0.875 bits per heavy atom. The molecule has 11 atom stereocenters. The molecule has 428 valence electrons. The van der Waals surface area contributed by atoms with Crippen LogP contribution in [0.15, 0.2) is 0 Å². The Hall–Kier alpha value is 2.02. The molecule has 0 aromatic carbocycles. The largest absolute Gasteiger partial charge is 0.500 e. The second kappa shape index (κ2) is 32.5. The topological polar surface area (TPSA) is 194 Å². The van der Waals surface area contributed by atoms with E-state index in [1.165, 1.54) is 0 Å². The first-order chi connectivity index (χ1) is 33.5. The SMILES string of the molecule is CO[Si](CC[Si]1(C)O[SiH](C)O[SiH](C)O[Si](C)(CCCOCC2CO2)O1)(OC)OC.C[SiH](O[Si](C)(C)C)O[Si](C)(CCCOCC1CO1)O[Si](C)(C)C.C[SiH]1O[SiH](C)O[Si](C)(CCCOCC2CO2)O[SiH](C)O1. The second-order valence-corrected chi connectivity index (χ2v) is 61.7. The normalized spacial score (nSPS) is 33.4. The molecule has 0 aliphatic carbocycles. The molecule has 0 aromatic heterocycles. The van der Waals surface area contributed by atoms with Crippen molar-refractivity contribution in [2.45, 2.75) is 173 Å². The van der Waals surface area contributed by atoms with Crippen molar-refractivity contribution in [1.29, 1.82) is 0 Å². The van der Waals surface area contributed by atoms with Gasteiger partial charge in [-0.2, -0.15) is 0 Å². The number of hydrogen-bond donors (Lipinski definition) is 0. The molecule has 5 fully saturated rings. The predicted molar refractivity (Wildman–Crippen MR) is 310 cm³/mol. The van der Waals surface area contributed by atoms with Crippen LogP contribution in [0.4, 0.5) is 0 Å². The summed E-state index contributed by atoms with van der Waals surface area (Å²) in [6.45, 7) is 41.1. The van der Waals surface area contributed by atoms with Gasteiger partial charge in [0, 0.05) is 47.2 Å². The average molecular weight is 1250 g/mol. The molecule has 5 aliphatic rings. The minimum atomic E-state index is -2.70. The summed E-state index contributed by atoms with van der Waals surface area (Å²) in [6.07, 6.45) is 3.80. The fourth-order valence-corrected chi connectivity index (χ4v) is 58.8. The standard InChI is InChI=1S/C15H38O9Si5.C14H36O5Si4.C10H26O6Si4/c1-16-29(17-2,18-3)12-11-28(7)23-26(5)21-25(4)22-27(6,24-28)10-8-9-19-13-15-14-20-15;1-20(17-21(2,3)4)18-23(8,19-22(5,6)7)11-9-10-15-12-14-13-16-14;1-17-13-18(2)15-20(4,16-19(3)14-17)7-5-6-11-8-10-9-12-10/h15,25-26H,8-14H2,1-7H3;14,20H,9-13H2,1-8H3;10,17-19H,5-9H2,1-4H3. The van der Waals surface area contributed by atoms with Gasteiger partial charge in [0.1, 0.15) is 18.3 Å². The second-order valence-electron chi connectivity index (χ2n) is 21.7. The van der Waals surface area contributed by atoms with E-state index in [0.29, 0.717) is 50.2 Å². The van der Waals surface area contributed by atoms with E-state index in [4.69, 9.17) is 87.0 Å². The summed E-state index contributed by atoms with van der Waals surface area (Å²) in [6, 6.07) is 4.11. The van der Waals surface area contributed by atoms with Gasteiger partial charge in [-0.05, 0) is 148 Å². The number of epoxide rings is 3. The van der Waals surface area contributed by atoms with Crippen molar-refractivity contribution in [3.8, 4) is 0 Å². The van der Waals surface area contributed by atoms with Crippen LogP contribution in [0.3, 0.4) is 0 Å². The molecule has 5 rings (SSSR count). The Morgan fingerprint density at radius 1 is 0.500 bits per heavy atom. The van der Waals surface area contributed by atoms with Gasteiger partial charge >= 0.3 is 43.0 Å². The van der Waals surface area contributed by atoms with Gasteiger partial charge in [-0.15, -0.1) is 0 Å². The molecule has 72 heavy (non-hydrogen) atoms. The van der Waals surface area contributed by atoms with Gasteiger partial charge in [0.05, 0.1) is 39.6 Å². The van der Waals surface area contributed by atoms with E-state index < -0.39 is 115 Å². The van der Waals surface area contributed by atoms with Crippen molar-refractivity contribution in [2.75, 3.05) is 80.8 Å². The number of hydrogen-bond acceptors (Lipinski definition) is 20. The maximum atomic E-state index is 6.77. The first-order valence-corrected chi connectivity index (χ1v) is 57.6. The van der Waals surface area contributed by atoms with Crippen molar-refractivity contribution in [2.24, 2.45) is 0 Å². The summed E-state index contributed by atoms with van der Waals surface area (Å²) in [5.41, 5.74) is 0. The maximum Gasteiger partial charge on any atom is 0.500 e. The van der Waals surface area contributed by atoms with E-state index in [1.807, 2.05) is 6.55 Å². The van der Waals surface area contributed by atoms with Crippen molar-refractivity contribution in [3.05, 3.63) is 0 Å². The summed E-state index contributed by atoms with van der Waals surface area (Å²) in [4.78, 5) is 0. The Kier molecular flexibility index (Phi) is 30.8. The van der Waals surface area contributed by atoms with Gasteiger partial charge in [0.15, 0.2) is 16.6 Å². The Morgan fingerprint density at radius 3 is 1.26 bits per heavy atom. The smallest absolute Gasteiger partial charge is 0.439 e. The van der Waals surface area contributed by atoms with Crippen LogP contribution in [0, 0.1) is 0 Å². The van der Waals surface area contributed by atoms with Gasteiger partial charge < -0.3 is 87.0 Å². The predicted octanol–water partition coefficient (Wildman–Crippen LogP) is 5.52. The van der Waals surface area contributed by atoms with Crippen molar-refractivity contribution < 1.29 is 87.0 Å². The van der Waals surface area contributed by atoms with Crippen LogP contribution in [-0.4, -0.2) is 214 Å². The van der Waals surface area contributed by atoms with Gasteiger partial charge in [-0.1, -0.05) is 0 Å². The van der Waals surface area contributed by atoms with Gasteiger partial charge in [-0.3, -0.25) is 0 Å². The van der Waals surface area contributed by atoms with Crippen molar-refractivity contribution in [1.82, 2.24) is 0 Å². The minimum absolute atomic E-state index is 0.292. The molecule has 0 N–H and O–H groups in total. The molecule has 5 aliphatic heterocycles. The molecule has 0 amide bonds. The van der Waals surface area contributed by atoms with Gasteiger partial charge in [0.25, 0.3) is 55.7 Å². The Bertz CT molecular complexity index is 1470. The van der Waals surface area contributed by atoms with Crippen LogP contribution in [0.25, 0.3) is 0 Å². The minimum Gasteiger partial charge on any atom is -0.439 e. The Balaban J connectivity index is 0.000000291. The molecule has 11 unspecified atom stereocenters. The zero-order valence-corrected chi connectivity index (χ0v) is 61.8. The molecule has 0 radical (unpaired) electrons. The lowest BCUT2D eigenvalue weighted by atomic mass is 10.5. The first kappa shape index (κ1) is 68.3. The third-order valence-corrected chi connectivity index (χ3v) is 57.2. The van der Waals surface area contributed by atoms with E-state index in [9.17, 15) is 0 Å². The average Bonchev–Trinajstić information content (AvgIpc) is 4.07. The van der Waals surface area contributed by atoms with Crippen LogP contribution in [0.2, 0.25) is 135 Å². The molecule has 33 heteroatoms. The van der Waals surface area contributed by atoms with Crippen LogP contribution in [0.5, 0.6) is 0 Å². The summed E-state index contributed by atoms with van der Waals surface area (Å²) in [7, 11) is -20.3. The molecule has 0 aromatic rings. The van der Waals surface area contributed by atoms with Crippen molar-refractivity contribution in [3.63, 3.8) is 0 Å². The molecule has 20 nitrogen and oxygen atoms in total. The van der Waals surface area contributed by atoms with E-state index in [1.54, 1.807) is 21.3 Å². The third kappa shape index (κ3) is 31.1. The zero-order chi connectivity index (χ0) is 53.9. The van der Waals surface area contributed by atoms with Crippen LogP contribution >= 0.6 is 0 Å². The molecular formula is C39H100O20Si13. The number of rotatable bonds is 30. The molecule has 0 bridgehead atoms. The molecule has 0 saturated carbocycles. The lowest BCUT2D eigenvalue weighted by molar-refractivity contribution is 0.115. The fraction of sp³-hybridized carbons (Fsp3) is 1.00. The summed E-state index contributed by atoms with van der Waals surface area (Å²) in [5.74, 6) is 0. The third-order valence-electron chi connectivity index (χ3n) is 11.4. The van der Waals surface area contributed by atoms with E-state index >= 15 is 0 Å². The van der Waals surface area contributed by atoms with Crippen LogP contribution in [0.1, 0.15) is 19.3 Å². The van der Waals surface area contributed by atoms with Crippen molar-refractivity contribution >= 4 is 115 Å². The molecule has 5 heterocycles. The van der Waals surface area contributed by atoms with Crippen LogP contribution < -0.4 is 0 Å². The van der Waals surface area contributed by atoms with E-state index in [2.05, 4.69) is 98.2 Å². The zero-order valence-electron chi connectivity index (χ0n) is 47.9. The number of ether oxygens (including phenoxy) is 6. The highest BCUT2D eigenvalue weighted by Crippen LogP contribution is 2.32. The highest BCUT2D eigenvalue weighted by Gasteiger charge is 2.50. The van der Waals surface area contributed by atoms with Gasteiger partial charge in [0.2, 0.25) is 0 Å². The first-order valence-electron chi connectivity index (χ1n) is 26.2. The summed E-state index contributed by atoms with van der Waals surface area (Å²) in [5, 5.41) is 0. The van der Waals surface area contributed by atoms with E-state index in [-0.39, 0.29) is 0 Å². The quantitative estimate of drug-likeness (QED) is 0.0495. The summed E-state index contributed by atoms with van der Waals surface area (Å²) >= 11 is 0. The lowest BCUT2D eigenvalue weighted by Gasteiger charge is -2.43. The maximum absolute atomic E-state index is 6.77. The highest BCUT2D eigenvalue weighted by molar-refractivity contribution is 6.88. The van der Waals surface area contributed by atoms with E-state index in [0.717, 1.165) is 77.0 Å². The van der Waals surface area contributed by atoms with Crippen LogP contribution in [-0.2, 0) is 87.0 Å². The highest BCUT2D eigenvalue weighted by atomic mass is 28.5. The van der Waals surface area contributed by atoms with Gasteiger partial charge in [-0.25, -0.2) is 0 Å². The lowest BCUT2D eigenvalue weighted by Crippen LogP contribution is -2.60. The summed E-state index contributed by atoms with van der Waals surface area (Å²) < 4.78 is 118.